The first-order chi connectivity index (χ1) is 9.27. The zero-order valence-electron chi connectivity index (χ0n) is 12.0. The van der Waals surface area contributed by atoms with Gasteiger partial charge in [-0.25, -0.2) is 0 Å². The summed E-state index contributed by atoms with van der Waals surface area (Å²) >= 11 is 0. The maximum atomic E-state index is 8.71. The van der Waals surface area contributed by atoms with Gasteiger partial charge in [0.15, 0.2) is 0 Å². The van der Waals surface area contributed by atoms with E-state index < -0.39 is 0 Å². The van der Waals surface area contributed by atoms with Crippen molar-refractivity contribution in [1.82, 2.24) is 9.96 Å². The summed E-state index contributed by atoms with van der Waals surface area (Å²) in [6.45, 7) is 8.02. The molecular formula is C13H28N2O4. The summed E-state index contributed by atoms with van der Waals surface area (Å²) in [6, 6.07) is 0.376. The maximum absolute atomic E-state index is 8.71. The molecule has 1 unspecified atom stereocenters. The van der Waals surface area contributed by atoms with Crippen LogP contribution in [0.1, 0.15) is 19.8 Å². The van der Waals surface area contributed by atoms with E-state index in [1.807, 2.05) is 5.06 Å². The summed E-state index contributed by atoms with van der Waals surface area (Å²) < 4.78 is 5.28. The van der Waals surface area contributed by atoms with Crippen LogP contribution < -0.4 is 0 Å². The lowest BCUT2D eigenvalue weighted by Crippen LogP contribution is -2.52. The van der Waals surface area contributed by atoms with Gasteiger partial charge in [0, 0.05) is 38.8 Å². The van der Waals surface area contributed by atoms with Crippen LogP contribution in [0.5, 0.6) is 0 Å². The quantitative estimate of drug-likeness (QED) is 0.534. The third-order valence-corrected chi connectivity index (χ3v) is 3.25. The van der Waals surface area contributed by atoms with Gasteiger partial charge in [0.2, 0.25) is 0 Å². The number of unbranched alkanes of at least 4 members (excludes halogenated alkanes) is 1. The van der Waals surface area contributed by atoms with Crippen LogP contribution in [0.3, 0.4) is 0 Å². The van der Waals surface area contributed by atoms with Crippen molar-refractivity contribution in [3.05, 3.63) is 0 Å². The zero-order chi connectivity index (χ0) is 13.9. The van der Waals surface area contributed by atoms with Gasteiger partial charge in [0.1, 0.15) is 0 Å². The van der Waals surface area contributed by atoms with Crippen molar-refractivity contribution in [1.29, 1.82) is 0 Å². The van der Waals surface area contributed by atoms with Gasteiger partial charge >= 0.3 is 0 Å². The fourth-order valence-corrected chi connectivity index (χ4v) is 2.17. The molecule has 0 amide bonds. The van der Waals surface area contributed by atoms with Crippen LogP contribution in [0.25, 0.3) is 0 Å². The summed E-state index contributed by atoms with van der Waals surface area (Å²) in [5.74, 6) is 0. The summed E-state index contributed by atoms with van der Waals surface area (Å²) in [7, 11) is 0. The lowest BCUT2D eigenvalue weighted by atomic mass is 10.2. The molecule has 19 heavy (non-hydrogen) atoms. The van der Waals surface area contributed by atoms with Crippen LogP contribution >= 0.6 is 0 Å². The molecule has 1 saturated heterocycles. The molecule has 6 heteroatoms. The predicted octanol–water partition coefficient (Wildman–Crippen LogP) is -0.294. The Morgan fingerprint density at radius 3 is 2.58 bits per heavy atom. The highest BCUT2D eigenvalue weighted by Gasteiger charge is 2.23. The summed E-state index contributed by atoms with van der Waals surface area (Å²) in [6.07, 6.45) is 1.70. The number of hydroxylamine groups is 2. The van der Waals surface area contributed by atoms with E-state index in [0.717, 1.165) is 39.0 Å². The van der Waals surface area contributed by atoms with Crippen molar-refractivity contribution in [3.63, 3.8) is 0 Å². The third-order valence-electron chi connectivity index (χ3n) is 3.25. The Balaban J connectivity index is 2.09. The number of aliphatic hydroxyl groups excluding tert-OH is 2. The molecule has 0 saturated carbocycles. The van der Waals surface area contributed by atoms with Crippen molar-refractivity contribution in [2.45, 2.75) is 25.8 Å². The topological polar surface area (TPSA) is 65.4 Å². The normalized spacial score (nSPS) is 21.9. The van der Waals surface area contributed by atoms with Crippen molar-refractivity contribution >= 4 is 0 Å². The molecule has 0 radical (unpaired) electrons. The summed E-state index contributed by atoms with van der Waals surface area (Å²) in [5.41, 5.74) is 0. The Kier molecular flexibility index (Phi) is 9.32. The number of hydrogen-bond acceptors (Lipinski definition) is 6. The molecule has 6 nitrogen and oxygen atoms in total. The zero-order valence-corrected chi connectivity index (χ0v) is 12.0. The second kappa shape index (κ2) is 10.5. The van der Waals surface area contributed by atoms with Crippen LogP contribution in [0.4, 0.5) is 0 Å². The monoisotopic (exact) mass is 276 g/mol. The van der Waals surface area contributed by atoms with E-state index in [2.05, 4.69) is 11.8 Å². The van der Waals surface area contributed by atoms with Gasteiger partial charge in [-0.3, -0.25) is 9.74 Å². The minimum Gasteiger partial charge on any atom is -0.396 e. The molecule has 0 aromatic heterocycles. The third kappa shape index (κ3) is 7.20. The molecule has 2 N–H and O–H groups in total. The van der Waals surface area contributed by atoms with Crippen LogP contribution in [-0.4, -0.2) is 85.4 Å². The van der Waals surface area contributed by atoms with E-state index >= 15 is 0 Å². The minimum atomic E-state index is 0.0891. The Morgan fingerprint density at radius 1 is 1.05 bits per heavy atom. The molecular weight excluding hydrogens is 248 g/mol. The molecule has 114 valence electrons. The van der Waals surface area contributed by atoms with Crippen molar-refractivity contribution in [2.24, 2.45) is 0 Å². The summed E-state index contributed by atoms with van der Waals surface area (Å²) in [4.78, 5) is 8.08. The van der Waals surface area contributed by atoms with Gasteiger partial charge in [0.25, 0.3) is 0 Å². The standard InChI is InChI=1S/C13H28N2O4/c1-13-12-14(6-10-18-11-8-17)4-5-15(13)19-9-3-2-7-16/h13,16-17H,2-12H2,1H3. The van der Waals surface area contributed by atoms with Crippen LogP contribution in [-0.2, 0) is 9.57 Å². The number of ether oxygens (including phenoxy) is 1. The van der Waals surface area contributed by atoms with E-state index in [-0.39, 0.29) is 13.2 Å². The van der Waals surface area contributed by atoms with E-state index in [0.29, 0.717) is 25.9 Å². The van der Waals surface area contributed by atoms with Gasteiger partial charge in [-0.1, -0.05) is 0 Å². The van der Waals surface area contributed by atoms with Gasteiger partial charge in [-0.15, -0.1) is 0 Å². The van der Waals surface area contributed by atoms with E-state index in [9.17, 15) is 0 Å². The average molecular weight is 276 g/mol. The molecule has 0 aliphatic carbocycles. The van der Waals surface area contributed by atoms with Crippen LogP contribution in [0.15, 0.2) is 0 Å². The van der Waals surface area contributed by atoms with Crippen molar-refractivity contribution in [2.75, 3.05) is 59.2 Å². The molecule has 0 aromatic rings. The van der Waals surface area contributed by atoms with Crippen molar-refractivity contribution < 1.29 is 19.8 Å². The van der Waals surface area contributed by atoms with Gasteiger partial charge in [-0.05, 0) is 19.8 Å². The summed E-state index contributed by atoms with van der Waals surface area (Å²) in [5, 5.41) is 19.4. The first kappa shape index (κ1) is 16.8. The first-order valence-corrected chi connectivity index (χ1v) is 7.19. The Hall–Kier alpha value is -0.240. The maximum Gasteiger partial charge on any atom is 0.0698 e. The molecule has 1 heterocycles. The largest absolute Gasteiger partial charge is 0.396 e. The molecule has 1 fully saturated rings. The number of nitrogens with zero attached hydrogens (tertiary/aromatic N) is 2. The molecule has 1 atom stereocenters. The number of aliphatic hydroxyl groups is 2. The molecule has 1 aliphatic heterocycles. The molecule has 1 aliphatic rings. The number of piperazine rings is 1. The molecule has 0 bridgehead atoms. The Morgan fingerprint density at radius 2 is 1.89 bits per heavy atom. The average Bonchev–Trinajstić information content (AvgIpc) is 2.42. The molecule has 0 spiro atoms. The van der Waals surface area contributed by atoms with E-state index in [1.165, 1.54) is 0 Å². The molecule has 1 rings (SSSR count). The highest BCUT2D eigenvalue weighted by molar-refractivity contribution is 4.74. The van der Waals surface area contributed by atoms with Gasteiger partial charge in [-0.2, -0.15) is 5.06 Å². The lowest BCUT2D eigenvalue weighted by Gasteiger charge is -2.38. The fourth-order valence-electron chi connectivity index (χ4n) is 2.17. The fraction of sp³-hybridized carbons (Fsp3) is 1.00. The van der Waals surface area contributed by atoms with Crippen LogP contribution in [0.2, 0.25) is 0 Å². The van der Waals surface area contributed by atoms with E-state index in [4.69, 9.17) is 19.8 Å². The smallest absolute Gasteiger partial charge is 0.0698 e. The van der Waals surface area contributed by atoms with Gasteiger partial charge in [0.05, 0.1) is 26.4 Å². The number of hydrogen-bond donors (Lipinski definition) is 2. The highest BCUT2D eigenvalue weighted by Crippen LogP contribution is 2.10. The lowest BCUT2D eigenvalue weighted by molar-refractivity contribution is -0.204. The van der Waals surface area contributed by atoms with Crippen molar-refractivity contribution in [3.8, 4) is 0 Å². The highest BCUT2D eigenvalue weighted by atomic mass is 16.7. The van der Waals surface area contributed by atoms with Gasteiger partial charge < -0.3 is 14.9 Å². The number of rotatable bonds is 10. The van der Waals surface area contributed by atoms with Crippen LogP contribution in [0, 0.1) is 0 Å². The second-order valence-electron chi connectivity index (χ2n) is 4.89. The Labute approximate surface area is 115 Å². The SMILES string of the molecule is CC1CN(CCOCCO)CCN1OCCCCO. The minimum absolute atomic E-state index is 0.0891. The van der Waals surface area contributed by atoms with E-state index in [1.54, 1.807) is 0 Å². The molecule has 0 aromatic carbocycles. The Bertz CT molecular complexity index is 219. The predicted molar refractivity (Wildman–Crippen MR) is 72.8 cm³/mol. The second-order valence-corrected chi connectivity index (χ2v) is 4.89. The first-order valence-electron chi connectivity index (χ1n) is 7.19.